The number of amides is 1. The van der Waals surface area contributed by atoms with E-state index in [1.807, 2.05) is 30.3 Å². The molecule has 7 nitrogen and oxygen atoms in total. The lowest BCUT2D eigenvalue weighted by molar-refractivity contribution is -0.127. The number of nitrogens with zero attached hydrogens (tertiary/aromatic N) is 2. The van der Waals surface area contributed by atoms with E-state index in [-0.39, 0.29) is 12.5 Å². The minimum atomic E-state index is -0.682. The van der Waals surface area contributed by atoms with Crippen LogP contribution in [0.4, 0.5) is 0 Å². The fraction of sp³-hybridized carbons (Fsp3) is 0.211. The normalized spacial score (nSPS) is 11.6. The summed E-state index contributed by atoms with van der Waals surface area (Å²) in [7, 11) is 1.57. The molecular weight excluding hydrogens is 334 g/mol. The van der Waals surface area contributed by atoms with Crippen LogP contribution in [-0.4, -0.2) is 29.3 Å². The quantitative estimate of drug-likeness (QED) is 0.703. The van der Waals surface area contributed by atoms with Crippen LogP contribution in [0.5, 0.6) is 11.5 Å². The second-order valence-electron chi connectivity index (χ2n) is 5.53. The van der Waals surface area contributed by atoms with Gasteiger partial charge in [-0.15, -0.1) is 0 Å². The third-order valence-corrected chi connectivity index (χ3v) is 3.64. The lowest BCUT2D eigenvalue weighted by Crippen LogP contribution is -2.36. The van der Waals surface area contributed by atoms with Gasteiger partial charge in [0.05, 0.1) is 13.7 Å². The first-order valence-corrected chi connectivity index (χ1v) is 8.12. The highest BCUT2D eigenvalue weighted by atomic mass is 16.5. The fourth-order valence-corrected chi connectivity index (χ4v) is 2.27. The molecule has 1 heterocycles. The molecule has 134 valence electrons. The SMILES string of the molecule is COc1cccc(O[C@H](C)C(=O)NCc2nc(-c3ccccc3)no2)c1. The van der Waals surface area contributed by atoms with Gasteiger partial charge in [0.1, 0.15) is 11.5 Å². The van der Waals surface area contributed by atoms with Crippen LogP contribution in [0.3, 0.4) is 0 Å². The van der Waals surface area contributed by atoms with Crippen molar-refractivity contribution in [2.75, 3.05) is 7.11 Å². The summed E-state index contributed by atoms with van der Waals surface area (Å²) in [4.78, 5) is 16.5. The van der Waals surface area contributed by atoms with Gasteiger partial charge in [-0.2, -0.15) is 4.98 Å². The Hall–Kier alpha value is -3.35. The van der Waals surface area contributed by atoms with Crippen LogP contribution in [0.1, 0.15) is 12.8 Å². The monoisotopic (exact) mass is 353 g/mol. The first-order chi connectivity index (χ1) is 12.7. The van der Waals surface area contributed by atoms with E-state index in [0.717, 1.165) is 5.56 Å². The third kappa shape index (κ3) is 4.38. The highest BCUT2D eigenvalue weighted by Crippen LogP contribution is 2.20. The maximum atomic E-state index is 12.2. The molecule has 3 aromatic rings. The number of rotatable bonds is 7. The average Bonchev–Trinajstić information content (AvgIpc) is 3.16. The molecule has 0 spiro atoms. The summed E-state index contributed by atoms with van der Waals surface area (Å²) in [6.45, 7) is 1.79. The Labute approximate surface area is 150 Å². The summed E-state index contributed by atoms with van der Waals surface area (Å²) in [5, 5.41) is 6.63. The minimum absolute atomic E-state index is 0.129. The number of hydrogen-bond acceptors (Lipinski definition) is 6. The molecular formula is C19H19N3O4. The number of methoxy groups -OCH3 is 1. The van der Waals surface area contributed by atoms with Crippen molar-refractivity contribution in [2.45, 2.75) is 19.6 Å². The average molecular weight is 353 g/mol. The van der Waals surface area contributed by atoms with Crippen molar-refractivity contribution in [3.8, 4) is 22.9 Å². The lowest BCUT2D eigenvalue weighted by atomic mass is 10.2. The Morgan fingerprint density at radius 3 is 2.69 bits per heavy atom. The van der Waals surface area contributed by atoms with E-state index < -0.39 is 6.10 Å². The Kier molecular flexibility index (Phi) is 5.48. The first kappa shape index (κ1) is 17.5. The van der Waals surface area contributed by atoms with Crippen molar-refractivity contribution in [1.82, 2.24) is 15.5 Å². The number of carbonyl (C=O) groups excluding carboxylic acids is 1. The Bertz CT molecular complexity index is 864. The largest absolute Gasteiger partial charge is 0.497 e. The fourth-order valence-electron chi connectivity index (χ4n) is 2.27. The Morgan fingerprint density at radius 1 is 1.15 bits per heavy atom. The summed E-state index contributed by atoms with van der Waals surface area (Å²) in [5.74, 6) is 1.74. The summed E-state index contributed by atoms with van der Waals surface area (Å²) >= 11 is 0. The van der Waals surface area contributed by atoms with Crippen molar-refractivity contribution < 1.29 is 18.8 Å². The zero-order valence-electron chi connectivity index (χ0n) is 14.5. The molecule has 0 saturated carbocycles. The van der Waals surface area contributed by atoms with Gasteiger partial charge in [-0.05, 0) is 19.1 Å². The topological polar surface area (TPSA) is 86.5 Å². The number of hydrogen-bond donors (Lipinski definition) is 1. The first-order valence-electron chi connectivity index (χ1n) is 8.12. The van der Waals surface area contributed by atoms with E-state index in [1.165, 1.54) is 0 Å². The molecule has 2 aromatic carbocycles. The van der Waals surface area contributed by atoms with Gasteiger partial charge in [0.25, 0.3) is 5.91 Å². The predicted octanol–water partition coefficient (Wildman–Crippen LogP) is 2.83. The number of ether oxygens (including phenoxy) is 2. The van der Waals surface area contributed by atoms with E-state index in [1.54, 1.807) is 38.3 Å². The Balaban J connectivity index is 1.54. The van der Waals surface area contributed by atoms with Gasteiger partial charge in [-0.1, -0.05) is 41.6 Å². The van der Waals surface area contributed by atoms with Gasteiger partial charge in [0.15, 0.2) is 6.10 Å². The van der Waals surface area contributed by atoms with Crippen molar-refractivity contribution in [3.05, 3.63) is 60.5 Å². The molecule has 0 bridgehead atoms. The van der Waals surface area contributed by atoms with Crippen LogP contribution in [-0.2, 0) is 11.3 Å². The Morgan fingerprint density at radius 2 is 1.92 bits per heavy atom. The molecule has 0 radical (unpaired) electrons. The van der Waals surface area contributed by atoms with Crippen LogP contribution in [0.15, 0.2) is 59.1 Å². The molecule has 0 aliphatic rings. The molecule has 0 aliphatic carbocycles. The smallest absolute Gasteiger partial charge is 0.261 e. The number of nitrogens with one attached hydrogen (secondary N) is 1. The summed E-state index contributed by atoms with van der Waals surface area (Å²) in [6.07, 6.45) is -0.682. The molecule has 0 unspecified atom stereocenters. The van der Waals surface area contributed by atoms with Crippen molar-refractivity contribution >= 4 is 5.91 Å². The molecule has 1 N–H and O–H groups in total. The second kappa shape index (κ2) is 8.15. The molecule has 26 heavy (non-hydrogen) atoms. The van der Waals surface area contributed by atoms with Gasteiger partial charge in [0.2, 0.25) is 11.7 Å². The highest BCUT2D eigenvalue weighted by molar-refractivity contribution is 5.80. The van der Waals surface area contributed by atoms with Gasteiger partial charge in [0, 0.05) is 11.6 Å². The number of carbonyl (C=O) groups is 1. The zero-order valence-corrected chi connectivity index (χ0v) is 14.5. The molecule has 0 saturated heterocycles. The molecule has 7 heteroatoms. The van der Waals surface area contributed by atoms with Crippen LogP contribution < -0.4 is 14.8 Å². The number of aromatic nitrogens is 2. The standard InChI is InChI=1S/C19H19N3O4/c1-13(25-16-10-6-9-15(11-16)24-2)19(23)20-12-17-21-18(22-26-17)14-7-4-3-5-8-14/h3-11,13H,12H2,1-2H3,(H,20,23)/t13-/m1/s1. The van der Waals surface area contributed by atoms with Crippen LogP contribution in [0.2, 0.25) is 0 Å². The van der Waals surface area contributed by atoms with E-state index in [2.05, 4.69) is 15.5 Å². The molecule has 0 aliphatic heterocycles. The summed E-state index contributed by atoms with van der Waals surface area (Å²) in [5.41, 5.74) is 0.851. The van der Waals surface area contributed by atoms with Gasteiger partial charge >= 0.3 is 0 Å². The van der Waals surface area contributed by atoms with Crippen molar-refractivity contribution in [1.29, 1.82) is 0 Å². The van der Waals surface area contributed by atoms with E-state index >= 15 is 0 Å². The van der Waals surface area contributed by atoms with Crippen LogP contribution >= 0.6 is 0 Å². The minimum Gasteiger partial charge on any atom is -0.497 e. The molecule has 1 atom stereocenters. The predicted molar refractivity (Wildman–Crippen MR) is 94.7 cm³/mol. The third-order valence-electron chi connectivity index (χ3n) is 3.64. The van der Waals surface area contributed by atoms with Crippen LogP contribution in [0.25, 0.3) is 11.4 Å². The van der Waals surface area contributed by atoms with E-state index in [9.17, 15) is 4.79 Å². The molecule has 3 rings (SSSR count). The maximum absolute atomic E-state index is 12.2. The molecule has 1 aromatic heterocycles. The van der Waals surface area contributed by atoms with Gasteiger partial charge in [-0.3, -0.25) is 4.79 Å². The van der Waals surface area contributed by atoms with Gasteiger partial charge < -0.3 is 19.3 Å². The zero-order chi connectivity index (χ0) is 18.4. The van der Waals surface area contributed by atoms with Crippen molar-refractivity contribution in [2.24, 2.45) is 0 Å². The summed E-state index contributed by atoms with van der Waals surface area (Å²) in [6, 6.07) is 16.5. The maximum Gasteiger partial charge on any atom is 0.261 e. The van der Waals surface area contributed by atoms with E-state index in [0.29, 0.717) is 23.2 Å². The van der Waals surface area contributed by atoms with Gasteiger partial charge in [-0.25, -0.2) is 0 Å². The number of benzene rings is 2. The lowest BCUT2D eigenvalue weighted by Gasteiger charge is -2.14. The highest BCUT2D eigenvalue weighted by Gasteiger charge is 2.16. The summed E-state index contributed by atoms with van der Waals surface area (Å²) < 4.78 is 15.9. The van der Waals surface area contributed by atoms with Crippen LogP contribution in [0, 0.1) is 0 Å². The molecule has 0 fully saturated rings. The second-order valence-corrected chi connectivity index (χ2v) is 5.53. The van der Waals surface area contributed by atoms with Crippen molar-refractivity contribution in [3.63, 3.8) is 0 Å². The van der Waals surface area contributed by atoms with E-state index in [4.69, 9.17) is 14.0 Å². The molecule has 1 amide bonds.